The molecule has 0 amide bonds. The third kappa shape index (κ3) is 6.32. The molecule has 7 nitrogen and oxygen atoms in total. The van der Waals surface area contributed by atoms with E-state index in [1.165, 1.54) is 12.1 Å². The molecule has 142 valence electrons. The van der Waals surface area contributed by atoms with Crippen molar-refractivity contribution < 1.29 is 33.7 Å². The highest BCUT2D eigenvalue weighted by atomic mass is 16.6. The number of carbonyl (C=O) groups excluding carboxylic acids is 3. The molecule has 0 aliphatic rings. The lowest BCUT2D eigenvalue weighted by molar-refractivity contribution is -0.148. The summed E-state index contributed by atoms with van der Waals surface area (Å²) in [5, 5.41) is 8.55. The number of carbonyl (C=O) groups is 3. The van der Waals surface area contributed by atoms with E-state index in [4.69, 9.17) is 19.3 Å². The van der Waals surface area contributed by atoms with Crippen molar-refractivity contribution in [2.24, 2.45) is 0 Å². The van der Waals surface area contributed by atoms with Gasteiger partial charge in [0.25, 0.3) is 0 Å². The van der Waals surface area contributed by atoms with Gasteiger partial charge in [0.2, 0.25) is 0 Å². The first kappa shape index (κ1) is 20.3. The summed E-state index contributed by atoms with van der Waals surface area (Å²) >= 11 is 0. The Hall–Kier alpha value is -3.03. The van der Waals surface area contributed by atoms with Gasteiger partial charge in [-0.1, -0.05) is 48.5 Å². The Bertz CT molecular complexity index is 771. The minimum Gasteiger partial charge on any atom is -0.461 e. The summed E-state index contributed by atoms with van der Waals surface area (Å²) in [5.41, 5.74) is 0.713. The molecule has 0 heterocycles. The second-order valence-corrected chi connectivity index (χ2v) is 5.37. The Balaban J connectivity index is 1.93. The quantitative estimate of drug-likeness (QED) is 0.384. The van der Waals surface area contributed by atoms with Crippen molar-refractivity contribution in [3.05, 3.63) is 71.3 Å². The smallest absolute Gasteiger partial charge is 0.344 e. The molecule has 0 aromatic heterocycles. The van der Waals surface area contributed by atoms with Gasteiger partial charge >= 0.3 is 11.9 Å². The minimum atomic E-state index is -0.789. The molecule has 0 bridgehead atoms. The standard InChI is InChI=1S/C20H20O7/c21-10-11-25-12-13-26-18(22)14-27-20(24)17-9-5-4-8-16(17)19(23)15-6-2-1-3-7-15/h1-9,21H,10-14H2. The van der Waals surface area contributed by atoms with Crippen molar-refractivity contribution in [1.82, 2.24) is 0 Å². The number of aliphatic hydroxyl groups excluding tert-OH is 1. The first-order valence-electron chi connectivity index (χ1n) is 8.33. The molecule has 0 atom stereocenters. The topological polar surface area (TPSA) is 99.1 Å². The lowest BCUT2D eigenvalue weighted by atomic mass is 9.98. The van der Waals surface area contributed by atoms with Gasteiger partial charge in [-0.05, 0) is 6.07 Å². The van der Waals surface area contributed by atoms with Crippen molar-refractivity contribution in [3.63, 3.8) is 0 Å². The summed E-state index contributed by atoms with van der Waals surface area (Å²) in [6.45, 7) is -0.424. The number of ketones is 1. The third-order valence-corrected chi connectivity index (χ3v) is 3.48. The number of ether oxygens (including phenoxy) is 3. The lowest BCUT2D eigenvalue weighted by Gasteiger charge is -2.09. The maximum atomic E-state index is 12.6. The van der Waals surface area contributed by atoms with Crippen LogP contribution in [0.15, 0.2) is 54.6 Å². The van der Waals surface area contributed by atoms with Gasteiger partial charge < -0.3 is 19.3 Å². The molecule has 27 heavy (non-hydrogen) atoms. The highest BCUT2D eigenvalue weighted by molar-refractivity contribution is 6.14. The maximum absolute atomic E-state index is 12.6. The van der Waals surface area contributed by atoms with Crippen molar-refractivity contribution in [2.75, 3.05) is 33.0 Å². The van der Waals surface area contributed by atoms with E-state index in [-0.39, 0.29) is 43.3 Å². The number of hydrogen-bond donors (Lipinski definition) is 1. The van der Waals surface area contributed by atoms with E-state index in [1.807, 2.05) is 0 Å². The predicted octanol–water partition coefficient (Wildman–Crippen LogP) is 1.63. The fraction of sp³-hybridized carbons (Fsp3) is 0.250. The van der Waals surface area contributed by atoms with E-state index >= 15 is 0 Å². The molecule has 0 saturated heterocycles. The van der Waals surface area contributed by atoms with Gasteiger partial charge in [0, 0.05) is 11.1 Å². The fourth-order valence-corrected chi connectivity index (χ4v) is 2.23. The van der Waals surface area contributed by atoms with Gasteiger partial charge in [-0.3, -0.25) is 4.79 Å². The Labute approximate surface area is 156 Å². The summed E-state index contributed by atoms with van der Waals surface area (Å²) in [7, 11) is 0. The number of hydrogen-bond acceptors (Lipinski definition) is 7. The number of aliphatic hydroxyl groups is 1. The molecule has 0 radical (unpaired) electrons. The Morgan fingerprint density at radius 1 is 0.778 bits per heavy atom. The second-order valence-electron chi connectivity index (χ2n) is 5.37. The zero-order chi connectivity index (χ0) is 19.5. The molecule has 7 heteroatoms. The second kappa shape index (κ2) is 10.8. The first-order chi connectivity index (χ1) is 13.1. The van der Waals surface area contributed by atoms with Crippen LogP contribution in [0.1, 0.15) is 26.3 Å². The molecule has 2 aromatic carbocycles. The van der Waals surface area contributed by atoms with Crippen molar-refractivity contribution in [3.8, 4) is 0 Å². The molecule has 0 aliphatic carbocycles. The summed E-state index contributed by atoms with van der Waals surface area (Å²) in [4.78, 5) is 36.5. The van der Waals surface area contributed by atoms with Crippen molar-refractivity contribution in [2.45, 2.75) is 0 Å². The van der Waals surface area contributed by atoms with Crippen LogP contribution in [0, 0.1) is 0 Å². The van der Waals surface area contributed by atoms with Crippen molar-refractivity contribution in [1.29, 1.82) is 0 Å². The van der Waals surface area contributed by atoms with Crippen LogP contribution in [0.4, 0.5) is 0 Å². The Kier molecular flexibility index (Phi) is 8.15. The molecule has 0 spiro atoms. The van der Waals surface area contributed by atoms with Crippen LogP contribution in [0.25, 0.3) is 0 Å². The largest absolute Gasteiger partial charge is 0.461 e. The molecule has 0 fully saturated rings. The Morgan fingerprint density at radius 3 is 2.15 bits per heavy atom. The van der Waals surface area contributed by atoms with Gasteiger partial charge in [0.15, 0.2) is 12.4 Å². The molecule has 0 unspecified atom stereocenters. The number of benzene rings is 2. The van der Waals surface area contributed by atoms with Crippen LogP contribution in [0.5, 0.6) is 0 Å². The van der Waals surface area contributed by atoms with Crippen molar-refractivity contribution >= 4 is 17.7 Å². The van der Waals surface area contributed by atoms with Crippen LogP contribution in [-0.4, -0.2) is 55.9 Å². The highest BCUT2D eigenvalue weighted by Crippen LogP contribution is 2.15. The Morgan fingerprint density at radius 2 is 1.44 bits per heavy atom. The molecule has 2 rings (SSSR count). The van der Waals surface area contributed by atoms with E-state index in [9.17, 15) is 14.4 Å². The fourth-order valence-electron chi connectivity index (χ4n) is 2.23. The molecule has 2 aromatic rings. The van der Waals surface area contributed by atoms with E-state index in [0.29, 0.717) is 5.56 Å². The SMILES string of the molecule is O=C(COC(=O)c1ccccc1C(=O)c1ccccc1)OCCOCCO. The van der Waals surface area contributed by atoms with Gasteiger partial charge in [-0.25, -0.2) is 9.59 Å². The van der Waals surface area contributed by atoms with Crippen LogP contribution in [-0.2, 0) is 19.0 Å². The minimum absolute atomic E-state index is 0.0144. The summed E-state index contributed by atoms with van der Waals surface area (Å²) in [6, 6.07) is 14.8. The average molecular weight is 372 g/mol. The zero-order valence-electron chi connectivity index (χ0n) is 14.6. The predicted molar refractivity (Wildman–Crippen MR) is 95.5 cm³/mol. The normalized spacial score (nSPS) is 10.3. The average Bonchev–Trinajstić information content (AvgIpc) is 2.72. The van der Waals surface area contributed by atoms with Gasteiger partial charge in [0.05, 0.1) is 25.4 Å². The van der Waals surface area contributed by atoms with E-state index in [2.05, 4.69) is 0 Å². The van der Waals surface area contributed by atoms with Gasteiger partial charge in [0.1, 0.15) is 6.61 Å². The van der Waals surface area contributed by atoms with E-state index in [1.54, 1.807) is 42.5 Å². The number of esters is 2. The van der Waals surface area contributed by atoms with Crippen LogP contribution in [0.3, 0.4) is 0 Å². The third-order valence-electron chi connectivity index (χ3n) is 3.48. The van der Waals surface area contributed by atoms with Crippen LogP contribution >= 0.6 is 0 Å². The maximum Gasteiger partial charge on any atom is 0.344 e. The highest BCUT2D eigenvalue weighted by Gasteiger charge is 2.19. The molecule has 0 aliphatic heterocycles. The van der Waals surface area contributed by atoms with Gasteiger partial charge in [-0.2, -0.15) is 0 Å². The first-order valence-corrected chi connectivity index (χ1v) is 8.33. The lowest BCUT2D eigenvalue weighted by Crippen LogP contribution is -2.20. The van der Waals surface area contributed by atoms with Gasteiger partial charge in [-0.15, -0.1) is 0 Å². The van der Waals surface area contributed by atoms with Crippen LogP contribution in [0.2, 0.25) is 0 Å². The summed E-state index contributed by atoms with van der Waals surface area (Å²) < 4.78 is 14.7. The van der Waals surface area contributed by atoms with E-state index in [0.717, 1.165) is 0 Å². The zero-order valence-corrected chi connectivity index (χ0v) is 14.6. The molecular weight excluding hydrogens is 352 g/mol. The molecular formula is C20H20O7. The van der Waals surface area contributed by atoms with Crippen LogP contribution < -0.4 is 0 Å². The number of rotatable bonds is 10. The monoisotopic (exact) mass is 372 g/mol. The summed E-state index contributed by atoms with van der Waals surface area (Å²) in [5.74, 6) is -1.84. The van der Waals surface area contributed by atoms with E-state index < -0.39 is 18.5 Å². The molecule has 0 saturated carbocycles. The summed E-state index contributed by atoms with van der Waals surface area (Å²) in [6.07, 6.45) is 0. The molecule has 1 N–H and O–H groups in total.